The van der Waals surface area contributed by atoms with Crippen LogP contribution in [0.15, 0.2) is 18.2 Å². The van der Waals surface area contributed by atoms with E-state index in [1.165, 1.54) is 5.56 Å². The standard InChI is InChI=1S/C17H27NO3/c1-12-5-6-13(2)17(7-12)20-11-16(19)10-18-8-14(3)21-15(4)9-18/h5-7,14-16,19H,8-11H2,1-4H3/t14-,15-,16-/m0/s1. The van der Waals surface area contributed by atoms with Crippen LogP contribution in [-0.4, -0.2) is 54.6 Å². The monoisotopic (exact) mass is 293 g/mol. The van der Waals surface area contributed by atoms with Crippen molar-refractivity contribution in [3.05, 3.63) is 29.3 Å². The number of nitrogens with zero attached hydrogens (tertiary/aromatic N) is 1. The largest absolute Gasteiger partial charge is 0.491 e. The third kappa shape index (κ3) is 4.99. The molecular formula is C17H27NO3. The van der Waals surface area contributed by atoms with Crippen molar-refractivity contribution in [1.29, 1.82) is 0 Å². The predicted molar refractivity (Wildman–Crippen MR) is 83.9 cm³/mol. The molecule has 4 heteroatoms. The summed E-state index contributed by atoms with van der Waals surface area (Å²) < 4.78 is 11.5. The maximum Gasteiger partial charge on any atom is 0.122 e. The van der Waals surface area contributed by atoms with Gasteiger partial charge in [-0.05, 0) is 44.9 Å². The Morgan fingerprint density at radius 2 is 1.95 bits per heavy atom. The van der Waals surface area contributed by atoms with Gasteiger partial charge in [0.25, 0.3) is 0 Å². The van der Waals surface area contributed by atoms with Crippen LogP contribution >= 0.6 is 0 Å². The second-order valence-electron chi connectivity index (χ2n) is 6.21. The van der Waals surface area contributed by atoms with Crippen molar-refractivity contribution in [3.63, 3.8) is 0 Å². The summed E-state index contributed by atoms with van der Waals surface area (Å²) >= 11 is 0. The highest BCUT2D eigenvalue weighted by atomic mass is 16.5. The van der Waals surface area contributed by atoms with Gasteiger partial charge in [-0.25, -0.2) is 0 Å². The summed E-state index contributed by atoms with van der Waals surface area (Å²) in [4.78, 5) is 2.25. The van der Waals surface area contributed by atoms with E-state index in [1.54, 1.807) is 0 Å². The Bertz CT molecular complexity index is 453. The molecule has 1 saturated heterocycles. The van der Waals surface area contributed by atoms with Crippen LogP contribution in [0.2, 0.25) is 0 Å². The van der Waals surface area contributed by atoms with Crippen molar-refractivity contribution in [2.75, 3.05) is 26.2 Å². The predicted octanol–water partition coefficient (Wildman–Crippen LogP) is 2.15. The summed E-state index contributed by atoms with van der Waals surface area (Å²) in [6.45, 7) is 10.9. The lowest BCUT2D eigenvalue weighted by Gasteiger charge is -2.36. The molecule has 1 heterocycles. The zero-order valence-corrected chi connectivity index (χ0v) is 13.5. The Hall–Kier alpha value is -1.10. The van der Waals surface area contributed by atoms with Crippen LogP contribution in [-0.2, 0) is 4.74 Å². The molecule has 0 radical (unpaired) electrons. The Morgan fingerprint density at radius 3 is 2.62 bits per heavy atom. The highest BCUT2D eigenvalue weighted by Crippen LogP contribution is 2.19. The number of hydrogen-bond donors (Lipinski definition) is 1. The molecule has 0 unspecified atom stereocenters. The van der Waals surface area contributed by atoms with Crippen LogP contribution in [0, 0.1) is 13.8 Å². The normalized spacial score (nSPS) is 24.8. The molecular weight excluding hydrogens is 266 g/mol. The van der Waals surface area contributed by atoms with Crippen molar-refractivity contribution < 1.29 is 14.6 Å². The quantitative estimate of drug-likeness (QED) is 0.903. The van der Waals surface area contributed by atoms with Gasteiger partial charge >= 0.3 is 0 Å². The van der Waals surface area contributed by atoms with Crippen LogP contribution in [0.3, 0.4) is 0 Å². The van der Waals surface area contributed by atoms with Gasteiger partial charge < -0.3 is 14.6 Å². The first-order valence-corrected chi connectivity index (χ1v) is 7.70. The Kier molecular flexibility index (Phi) is 5.62. The van der Waals surface area contributed by atoms with E-state index in [1.807, 2.05) is 26.0 Å². The van der Waals surface area contributed by atoms with Gasteiger partial charge in [0.05, 0.1) is 12.2 Å². The maximum absolute atomic E-state index is 10.2. The number of aliphatic hydroxyl groups is 1. The molecule has 21 heavy (non-hydrogen) atoms. The SMILES string of the molecule is Cc1ccc(C)c(OC[C@@H](O)CN2C[C@H](C)O[C@@H](C)C2)c1. The topological polar surface area (TPSA) is 41.9 Å². The van der Waals surface area contributed by atoms with Gasteiger partial charge in [0, 0.05) is 19.6 Å². The van der Waals surface area contributed by atoms with Crippen molar-refractivity contribution in [2.24, 2.45) is 0 Å². The average Bonchev–Trinajstić information content (AvgIpc) is 2.38. The maximum atomic E-state index is 10.2. The van der Waals surface area contributed by atoms with Gasteiger partial charge in [0.15, 0.2) is 0 Å². The van der Waals surface area contributed by atoms with Crippen LogP contribution in [0.25, 0.3) is 0 Å². The molecule has 0 aromatic heterocycles. The summed E-state index contributed by atoms with van der Waals surface area (Å²) in [6, 6.07) is 6.12. The summed E-state index contributed by atoms with van der Waals surface area (Å²) in [5.74, 6) is 0.859. The molecule has 0 bridgehead atoms. The van der Waals surface area contributed by atoms with Gasteiger partial charge in [0.1, 0.15) is 18.5 Å². The van der Waals surface area contributed by atoms with E-state index in [9.17, 15) is 5.11 Å². The van der Waals surface area contributed by atoms with E-state index in [2.05, 4.69) is 24.8 Å². The molecule has 0 spiro atoms. The molecule has 118 valence electrons. The summed E-state index contributed by atoms with van der Waals surface area (Å²) in [5, 5.41) is 10.2. The van der Waals surface area contributed by atoms with Gasteiger partial charge in [-0.15, -0.1) is 0 Å². The van der Waals surface area contributed by atoms with Crippen LogP contribution in [0.5, 0.6) is 5.75 Å². The van der Waals surface area contributed by atoms with Gasteiger partial charge in [-0.3, -0.25) is 4.90 Å². The Balaban J connectivity index is 1.81. The molecule has 2 rings (SSSR count). The molecule has 1 N–H and O–H groups in total. The Morgan fingerprint density at radius 1 is 1.29 bits per heavy atom. The number of β-amino-alcohol motifs (C(OH)–C–C–N with tert-alkyl or cyclic N) is 1. The van der Waals surface area contributed by atoms with Gasteiger partial charge in [-0.1, -0.05) is 12.1 Å². The minimum atomic E-state index is -0.484. The number of benzene rings is 1. The molecule has 1 aromatic carbocycles. The average molecular weight is 293 g/mol. The van der Waals surface area contributed by atoms with Crippen LogP contribution in [0.1, 0.15) is 25.0 Å². The fraction of sp³-hybridized carbons (Fsp3) is 0.647. The Labute approximate surface area is 127 Å². The third-order valence-electron chi connectivity index (χ3n) is 3.74. The molecule has 0 amide bonds. The lowest BCUT2D eigenvalue weighted by molar-refractivity contribution is -0.0786. The van der Waals surface area contributed by atoms with E-state index in [-0.39, 0.29) is 12.2 Å². The van der Waals surface area contributed by atoms with E-state index >= 15 is 0 Å². The van der Waals surface area contributed by atoms with Crippen molar-refractivity contribution in [1.82, 2.24) is 4.90 Å². The van der Waals surface area contributed by atoms with Crippen molar-refractivity contribution in [3.8, 4) is 5.75 Å². The van der Waals surface area contributed by atoms with E-state index < -0.39 is 6.10 Å². The van der Waals surface area contributed by atoms with E-state index in [0.29, 0.717) is 13.2 Å². The van der Waals surface area contributed by atoms with Crippen molar-refractivity contribution >= 4 is 0 Å². The molecule has 1 aliphatic heterocycles. The molecule has 0 saturated carbocycles. The fourth-order valence-electron chi connectivity index (χ4n) is 2.83. The van der Waals surface area contributed by atoms with Gasteiger partial charge in [0.2, 0.25) is 0 Å². The second-order valence-corrected chi connectivity index (χ2v) is 6.21. The van der Waals surface area contributed by atoms with E-state index in [4.69, 9.17) is 9.47 Å². The number of morpholine rings is 1. The highest BCUT2D eigenvalue weighted by molar-refractivity contribution is 5.35. The first kappa shape index (κ1) is 16.3. The first-order valence-electron chi connectivity index (χ1n) is 7.70. The second kappa shape index (κ2) is 7.25. The van der Waals surface area contributed by atoms with Crippen LogP contribution < -0.4 is 4.74 Å². The summed E-state index contributed by atoms with van der Waals surface area (Å²) in [6.07, 6.45) is -0.0378. The molecule has 4 nitrogen and oxygen atoms in total. The highest BCUT2D eigenvalue weighted by Gasteiger charge is 2.23. The first-order chi connectivity index (χ1) is 9.94. The van der Waals surface area contributed by atoms with Crippen molar-refractivity contribution in [2.45, 2.75) is 46.0 Å². The number of hydrogen-bond acceptors (Lipinski definition) is 4. The number of ether oxygens (including phenoxy) is 2. The fourth-order valence-corrected chi connectivity index (χ4v) is 2.83. The number of aryl methyl sites for hydroxylation is 2. The summed E-state index contributed by atoms with van der Waals surface area (Å²) in [5.41, 5.74) is 2.27. The minimum absolute atomic E-state index is 0.223. The lowest BCUT2D eigenvalue weighted by atomic mass is 10.1. The van der Waals surface area contributed by atoms with Crippen LogP contribution in [0.4, 0.5) is 0 Å². The summed E-state index contributed by atoms with van der Waals surface area (Å²) in [7, 11) is 0. The zero-order chi connectivity index (χ0) is 15.4. The molecule has 3 atom stereocenters. The molecule has 1 aromatic rings. The smallest absolute Gasteiger partial charge is 0.122 e. The zero-order valence-electron chi connectivity index (χ0n) is 13.5. The molecule has 1 fully saturated rings. The van der Waals surface area contributed by atoms with Gasteiger partial charge in [-0.2, -0.15) is 0 Å². The lowest BCUT2D eigenvalue weighted by Crippen LogP contribution is -2.48. The van der Waals surface area contributed by atoms with E-state index in [0.717, 1.165) is 24.4 Å². The minimum Gasteiger partial charge on any atom is -0.491 e. The molecule has 0 aliphatic carbocycles. The molecule has 1 aliphatic rings. The number of aliphatic hydroxyl groups excluding tert-OH is 1. The number of rotatable bonds is 5. The third-order valence-corrected chi connectivity index (χ3v) is 3.74.